The quantitative estimate of drug-likeness (QED) is 0.520. The van der Waals surface area contributed by atoms with Crippen LogP contribution in [0.1, 0.15) is 6.92 Å². The average Bonchev–Trinajstić information content (AvgIpc) is 2.58. The Morgan fingerprint density at radius 2 is 1.32 bits per heavy atom. The summed E-state index contributed by atoms with van der Waals surface area (Å²) in [6, 6.07) is 23.2. The van der Waals surface area contributed by atoms with E-state index < -0.39 is 0 Å². The largest absolute Gasteiger partial charge is 0.427 e. The monoisotopic (exact) mass is 291 g/mol. The van der Waals surface area contributed by atoms with E-state index in [1.165, 1.54) is 6.92 Å². The fraction of sp³-hybridized carbons (Fsp3) is 0.0526. The van der Waals surface area contributed by atoms with E-state index in [2.05, 4.69) is 4.98 Å². The molecule has 0 aliphatic rings. The van der Waals surface area contributed by atoms with Crippen LogP contribution in [0.2, 0.25) is 0 Å². The molecule has 3 aromatic rings. The molecule has 3 rings (SSSR count). The van der Waals surface area contributed by atoms with Crippen molar-refractivity contribution in [3.05, 3.63) is 85.2 Å². The van der Waals surface area contributed by atoms with Gasteiger partial charge in [0, 0.05) is 19.3 Å². The summed E-state index contributed by atoms with van der Waals surface area (Å²) in [5, 5.41) is 0. The van der Waals surface area contributed by atoms with Gasteiger partial charge in [0.05, 0.1) is 0 Å². The molecule has 1 aromatic heterocycles. The molecule has 0 bridgehead atoms. The van der Waals surface area contributed by atoms with Gasteiger partial charge in [-0.3, -0.25) is 9.78 Å². The van der Waals surface area contributed by atoms with Crippen LogP contribution < -0.4 is 4.74 Å². The zero-order valence-corrected chi connectivity index (χ0v) is 12.3. The fourth-order valence-corrected chi connectivity index (χ4v) is 1.82. The van der Waals surface area contributed by atoms with Crippen molar-refractivity contribution in [1.29, 1.82) is 0 Å². The molecule has 0 N–H and O–H groups in total. The van der Waals surface area contributed by atoms with E-state index in [4.69, 9.17) is 4.74 Å². The van der Waals surface area contributed by atoms with Crippen LogP contribution in [-0.2, 0) is 4.79 Å². The van der Waals surface area contributed by atoms with Crippen LogP contribution in [0.4, 0.5) is 0 Å². The minimum absolute atomic E-state index is 0.299. The van der Waals surface area contributed by atoms with Gasteiger partial charge < -0.3 is 4.74 Å². The van der Waals surface area contributed by atoms with Crippen molar-refractivity contribution in [3.8, 4) is 16.9 Å². The SMILES string of the molecule is CC(=O)Oc1ccc(-c2ccccc2)cc1.c1ccncc1. The highest BCUT2D eigenvalue weighted by atomic mass is 16.5. The van der Waals surface area contributed by atoms with E-state index in [1.807, 2.05) is 60.7 Å². The molecule has 0 aliphatic carbocycles. The molecular weight excluding hydrogens is 274 g/mol. The first-order chi connectivity index (χ1) is 10.8. The second-order valence-electron chi connectivity index (χ2n) is 4.51. The van der Waals surface area contributed by atoms with Crippen molar-refractivity contribution in [2.24, 2.45) is 0 Å². The standard InChI is InChI=1S/C14H12O2.C5H5N/c1-11(15)16-14-9-7-13(8-10-14)12-5-3-2-4-6-12;1-2-4-6-5-3-1/h2-10H,1H3;1-5H. The minimum Gasteiger partial charge on any atom is -0.427 e. The van der Waals surface area contributed by atoms with Gasteiger partial charge in [-0.05, 0) is 35.4 Å². The van der Waals surface area contributed by atoms with Crippen LogP contribution in [0.15, 0.2) is 85.2 Å². The van der Waals surface area contributed by atoms with Gasteiger partial charge in [0.1, 0.15) is 5.75 Å². The number of rotatable bonds is 2. The lowest BCUT2D eigenvalue weighted by Crippen LogP contribution is -2.00. The van der Waals surface area contributed by atoms with Crippen LogP contribution in [0, 0.1) is 0 Å². The normalized spacial score (nSPS) is 9.32. The van der Waals surface area contributed by atoms with E-state index in [0.717, 1.165) is 11.1 Å². The molecule has 0 unspecified atom stereocenters. The zero-order chi connectivity index (χ0) is 15.6. The molecule has 0 atom stereocenters. The predicted octanol–water partition coefficient (Wildman–Crippen LogP) is 4.36. The number of carbonyl (C=O) groups is 1. The number of nitrogens with zero attached hydrogens (tertiary/aromatic N) is 1. The maximum atomic E-state index is 10.7. The molecular formula is C19H17NO2. The zero-order valence-electron chi connectivity index (χ0n) is 12.3. The molecule has 22 heavy (non-hydrogen) atoms. The van der Waals surface area contributed by atoms with E-state index in [1.54, 1.807) is 24.5 Å². The Kier molecular flexibility index (Phi) is 5.88. The van der Waals surface area contributed by atoms with Crippen molar-refractivity contribution in [2.45, 2.75) is 6.92 Å². The molecule has 3 nitrogen and oxygen atoms in total. The third-order valence-corrected chi connectivity index (χ3v) is 2.79. The summed E-state index contributed by atoms with van der Waals surface area (Å²) in [7, 11) is 0. The molecule has 0 spiro atoms. The summed E-state index contributed by atoms with van der Waals surface area (Å²) in [6.45, 7) is 1.39. The fourth-order valence-electron chi connectivity index (χ4n) is 1.82. The average molecular weight is 291 g/mol. The molecule has 0 amide bonds. The molecule has 0 aliphatic heterocycles. The lowest BCUT2D eigenvalue weighted by molar-refractivity contribution is -0.131. The van der Waals surface area contributed by atoms with Crippen molar-refractivity contribution >= 4 is 5.97 Å². The van der Waals surface area contributed by atoms with E-state index in [-0.39, 0.29) is 5.97 Å². The highest BCUT2D eigenvalue weighted by Gasteiger charge is 1.99. The summed E-state index contributed by atoms with van der Waals surface area (Å²) in [4.78, 5) is 14.5. The summed E-state index contributed by atoms with van der Waals surface area (Å²) in [5.41, 5.74) is 2.26. The van der Waals surface area contributed by atoms with Gasteiger partial charge in [0.2, 0.25) is 0 Å². The summed E-state index contributed by atoms with van der Waals surface area (Å²) in [5.74, 6) is 0.277. The third kappa shape index (κ3) is 5.21. The topological polar surface area (TPSA) is 39.2 Å². The Balaban J connectivity index is 0.000000246. The van der Waals surface area contributed by atoms with Gasteiger partial charge in [0.15, 0.2) is 0 Å². The van der Waals surface area contributed by atoms with E-state index >= 15 is 0 Å². The van der Waals surface area contributed by atoms with Crippen LogP contribution in [-0.4, -0.2) is 11.0 Å². The number of carbonyl (C=O) groups excluding carboxylic acids is 1. The van der Waals surface area contributed by atoms with E-state index in [0.29, 0.717) is 5.75 Å². The first kappa shape index (κ1) is 15.4. The number of benzene rings is 2. The number of ether oxygens (including phenoxy) is 1. The number of hydrogen-bond donors (Lipinski definition) is 0. The first-order valence-corrected chi connectivity index (χ1v) is 6.94. The molecule has 1 heterocycles. The smallest absolute Gasteiger partial charge is 0.308 e. The Morgan fingerprint density at radius 3 is 1.77 bits per heavy atom. The van der Waals surface area contributed by atoms with Gasteiger partial charge >= 0.3 is 5.97 Å². The number of esters is 1. The lowest BCUT2D eigenvalue weighted by Gasteiger charge is -2.03. The summed E-state index contributed by atoms with van der Waals surface area (Å²) in [6.07, 6.45) is 3.50. The molecule has 0 saturated heterocycles. The van der Waals surface area contributed by atoms with Crippen molar-refractivity contribution in [3.63, 3.8) is 0 Å². The molecule has 3 heteroatoms. The second kappa shape index (κ2) is 8.37. The summed E-state index contributed by atoms with van der Waals surface area (Å²) < 4.78 is 4.97. The molecule has 110 valence electrons. The molecule has 0 radical (unpaired) electrons. The van der Waals surface area contributed by atoms with Crippen LogP contribution in [0.25, 0.3) is 11.1 Å². The number of pyridine rings is 1. The molecule has 2 aromatic carbocycles. The van der Waals surface area contributed by atoms with Gasteiger partial charge in [-0.15, -0.1) is 0 Å². The summed E-state index contributed by atoms with van der Waals surface area (Å²) >= 11 is 0. The molecule has 0 fully saturated rings. The Hall–Kier alpha value is -2.94. The highest BCUT2D eigenvalue weighted by molar-refractivity contribution is 5.70. The van der Waals surface area contributed by atoms with Gasteiger partial charge in [-0.1, -0.05) is 48.5 Å². The maximum Gasteiger partial charge on any atom is 0.308 e. The third-order valence-electron chi connectivity index (χ3n) is 2.79. The van der Waals surface area contributed by atoms with Crippen molar-refractivity contribution in [2.75, 3.05) is 0 Å². The second-order valence-corrected chi connectivity index (χ2v) is 4.51. The first-order valence-electron chi connectivity index (χ1n) is 6.94. The Morgan fingerprint density at radius 1 is 0.773 bits per heavy atom. The van der Waals surface area contributed by atoms with Crippen LogP contribution in [0.5, 0.6) is 5.75 Å². The van der Waals surface area contributed by atoms with Crippen molar-refractivity contribution < 1.29 is 9.53 Å². The van der Waals surface area contributed by atoms with Crippen LogP contribution >= 0.6 is 0 Å². The van der Waals surface area contributed by atoms with E-state index in [9.17, 15) is 4.79 Å². The van der Waals surface area contributed by atoms with Gasteiger partial charge in [-0.25, -0.2) is 0 Å². The predicted molar refractivity (Wildman–Crippen MR) is 87.4 cm³/mol. The minimum atomic E-state index is -0.299. The maximum absolute atomic E-state index is 10.7. The molecule has 0 saturated carbocycles. The lowest BCUT2D eigenvalue weighted by atomic mass is 10.1. The van der Waals surface area contributed by atoms with Crippen molar-refractivity contribution in [1.82, 2.24) is 4.98 Å². The van der Waals surface area contributed by atoms with Crippen LogP contribution in [0.3, 0.4) is 0 Å². The van der Waals surface area contributed by atoms with Gasteiger partial charge in [0.25, 0.3) is 0 Å². The number of aromatic nitrogens is 1. The Bertz CT molecular complexity index is 653. The Labute approximate surface area is 130 Å². The van der Waals surface area contributed by atoms with Gasteiger partial charge in [-0.2, -0.15) is 0 Å². The number of hydrogen-bond acceptors (Lipinski definition) is 3. The highest BCUT2D eigenvalue weighted by Crippen LogP contribution is 2.21.